The number of benzene rings is 1. The van der Waals surface area contributed by atoms with E-state index in [0.717, 1.165) is 26.5 Å². The van der Waals surface area contributed by atoms with Crippen LogP contribution >= 0.6 is 11.3 Å². The normalized spacial score (nSPS) is 10.6. The molecule has 0 fully saturated rings. The van der Waals surface area contributed by atoms with Crippen molar-refractivity contribution in [1.29, 1.82) is 0 Å². The number of rotatable bonds is 2. The molecule has 3 rings (SSSR count). The van der Waals surface area contributed by atoms with Crippen molar-refractivity contribution in [2.45, 2.75) is 0 Å². The lowest BCUT2D eigenvalue weighted by molar-refractivity contribution is 0.415. The van der Waals surface area contributed by atoms with Gasteiger partial charge in [-0.05, 0) is 18.2 Å². The van der Waals surface area contributed by atoms with E-state index in [4.69, 9.17) is 4.74 Å². The number of hydrogen-bond donors (Lipinski definition) is 0. The van der Waals surface area contributed by atoms with Crippen molar-refractivity contribution in [3.8, 4) is 16.3 Å². The Bertz CT molecular complexity index is 630. The average Bonchev–Trinajstić information content (AvgIpc) is 2.82. The molecule has 3 aromatic rings. The first-order valence-corrected chi connectivity index (χ1v) is 6.03. The molecule has 1 aromatic carbocycles. The molecule has 0 bridgehead atoms. The SMILES string of the molecule is COc1cccc(-c2nc3cnccc3s2)c1. The number of fused-ring (bicyclic) bond motifs is 1. The fourth-order valence-electron chi connectivity index (χ4n) is 1.66. The van der Waals surface area contributed by atoms with Crippen LogP contribution in [0.25, 0.3) is 20.8 Å². The molecule has 0 aliphatic heterocycles. The highest BCUT2D eigenvalue weighted by Crippen LogP contribution is 2.31. The number of ether oxygens (including phenoxy) is 1. The summed E-state index contributed by atoms with van der Waals surface area (Å²) in [6.45, 7) is 0. The van der Waals surface area contributed by atoms with E-state index in [1.54, 1.807) is 30.8 Å². The van der Waals surface area contributed by atoms with E-state index in [0.29, 0.717) is 0 Å². The van der Waals surface area contributed by atoms with Gasteiger partial charge in [0, 0.05) is 11.8 Å². The minimum Gasteiger partial charge on any atom is -0.497 e. The van der Waals surface area contributed by atoms with E-state index in [9.17, 15) is 0 Å². The summed E-state index contributed by atoms with van der Waals surface area (Å²) in [5.41, 5.74) is 2.01. The molecule has 0 unspecified atom stereocenters. The van der Waals surface area contributed by atoms with Crippen LogP contribution in [0.5, 0.6) is 5.75 Å². The van der Waals surface area contributed by atoms with Crippen LogP contribution in [0.15, 0.2) is 42.7 Å². The third-order valence-electron chi connectivity index (χ3n) is 2.51. The second-order valence-corrected chi connectivity index (χ2v) is 4.63. The summed E-state index contributed by atoms with van der Waals surface area (Å²) in [7, 11) is 1.67. The smallest absolute Gasteiger partial charge is 0.124 e. The third kappa shape index (κ3) is 1.87. The molecule has 2 aromatic heterocycles. The zero-order chi connectivity index (χ0) is 11.7. The maximum Gasteiger partial charge on any atom is 0.124 e. The van der Waals surface area contributed by atoms with Gasteiger partial charge in [0.2, 0.25) is 0 Å². The highest BCUT2D eigenvalue weighted by Gasteiger charge is 2.06. The Morgan fingerprint density at radius 3 is 3.00 bits per heavy atom. The van der Waals surface area contributed by atoms with E-state index in [1.807, 2.05) is 30.3 Å². The molecule has 84 valence electrons. The van der Waals surface area contributed by atoms with Gasteiger partial charge in [-0.15, -0.1) is 11.3 Å². The Morgan fingerprint density at radius 2 is 2.18 bits per heavy atom. The molecule has 0 atom stereocenters. The lowest BCUT2D eigenvalue weighted by Gasteiger charge is -2.00. The highest BCUT2D eigenvalue weighted by molar-refractivity contribution is 7.21. The van der Waals surface area contributed by atoms with Gasteiger partial charge in [0.05, 0.1) is 18.0 Å². The van der Waals surface area contributed by atoms with Gasteiger partial charge in [-0.25, -0.2) is 4.98 Å². The van der Waals surface area contributed by atoms with E-state index in [1.165, 1.54) is 0 Å². The molecular weight excluding hydrogens is 232 g/mol. The molecule has 0 radical (unpaired) electrons. The van der Waals surface area contributed by atoms with Gasteiger partial charge in [0.25, 0.3) is 0 Å². The number of methoxy groups -OCH3 is 1. The van der Waals surface area contributed by atoms with E-state index < -0.39 is 0 Å². The largest absolute Gasteiger partial charge is 0.497 e. The van der Waals surface area contributed by atoms with Crippen LogP contribution in [0.4, 0.5) is 0 Å². The first-order valence-electron chi connectivity index (χ1n) is 5.22. The predicted molar refractivity (Wildman–Crippen MR) is 69.4 cm³/mol. The molecule has 0 amide bonds. The number of thiazole rings is 1. The topological polar surface area (TPSA) is 35.0 Å². The summed E-state index contributed by atoms with van der Waals surface area (Å²) in [5.74, 6) is 0.847. The van der Waals surface area contributed by atoms with Crippen LogP contribution in [-0.2, 0) is 0 Å². The number of nitrogens with zero attached hydrogens (tertiary/aromatic N) is 2. The highest BCUT2D eigenvalue weighted by atomic mass is 32.1. The summed E-state index contributed by atoms with van der Waals surface area (Å²) >= 11 is 1.66. The summed E-state index contributed by atoms with van der Waals surface area (Å²) in [4.78, 5) is 8.63. The molecule has 0 N–H and O–H groups in total. The van der Waals surface area contributed by atoms with Gasteiger partial charge in [-0.1, -0.05) is 12.1 Å². The van der Waals surface area contributed by atoms with Crippen molar-refractivity contribution in [2.75, 3.05) is 7.11 Å². The van der Waals surface area contributed by atoms with Crippen molar-refractivity contribution in [1.82, 2.24) is 9.97 Å². The minimum absolute atomic E-state index is 0.847. The Balaban J connectivity index is 2.13. The van der Waals surface area contributed by atoms with Gasteiger partial charge < -0.3 is 4.74 Å². The Labute approximate surface area is 103 Å². The van der Waals surface area contributed by atoms with Crippen LogP contribution in [0.1, 0.15) is 0 Å². The first-order chi connectivity index (χ1) is 8.36. The molecule has 3 nitrogen and oxygen atoms in total. The Kier molecular flexibility index (Phi) is 2.49. The van der Waals surface area contributed by atoms with Crippen molar-refractivity contribution in [2.24, 2.45) is 0 Å². The quantitative estimate of drug-likeness (QED) is 0.691. The predicted octanol–water partition coefficient (Wildman–Crippen LogP) is 3.37. The van der Waals surface area contributed by atoms with Gasteiger partial charge >= 0.3 is 0 Å². The van der Waals surface area contributed by atoms with Crippen LogP contribution in [-0.4, -0.2) is 17.1 Å². The monoisotopic (exact) mass is 242 g/mol. The van der Waals surface area contributed by atoms with Crippen molar-refractivity contribution in [3.63, 3.8) is 0 Å². The average molecular weight is 242 g/mol. The van der Waals surface area contributed by atoms with Crippen LogP contribution in [0.2, 0.25) is 0 Å². The molecule has 0 saturated heterocycles. The maximum atomic E-state index is 5.21. The second kappa shape index (κ2) is 4.14. The molecule has 0 aliphatic carbocycles. The van der Waals surface area contributed by atoms with Gasteiger partial charge in [-0.3, -0.25) is 4.98 Å². The second-order valence-electron chi connectivity index (χ2n) is 3.59. The molecule has 0 spiro atoms. The third-order valence-corrected chi connectivity index (χ3v) is 3.59. The molecule has 2 heterocycles. The standard InChI is InChI=1S/C13H10N2OS/c1-16-10-4-2-3-9(7-10)13-15-11-8-14-6-5-12(11)17-13/h2-8H,1H3. The molecule has 4 heteroatoms. The summed E-state index contributed by atoms with van der Waals surface area (Å²) in [6, 6.07) is 9.91. The first kappa shape index (κ1) is 10.2. The molecule has 0 saturated carbocycles. The van der Waals surface area contributed by atoms with Crippen molar-refractivity contribution >= 4 is 21.6 Å². The number of aromatic nitrogens is 2. The van der Waals surface area contributed by atoms with Gasteiger partial charge in [-0.2, -0.15) is 0 Å². The maximum absolute atomic E-state index is 5.21. The summed E-state index contributed by atoms with van der Waals surface area (Å²) in [6.07, 6.45) is 3.57. The van der Waals surface area contributed by atoms with Crippen LogP contribution in [0.3, 0.4) is 0 Å². The fourth-order valence-corrected chi connectivity index (χ4v) is 2.59. The molecule has 17 heavy (non-hydrogen) atoms. The number of pyridine rings is 1. The van der Waals surface area contributed by atoms with Crippen LogP contribution < -0.4 is 4.74 Å². The molecule has 0 aliphatic rings. The van der Waals surface area contributed by atoms with E-state index >= 15 is 0 Å². The van der Waals surface area contributed by atoms with E-state index in [2.05, 4.69) is 9.97 Å². The van der Waals surface area contributed by atoms with Crippen molar-refractivity contribution < 1.29 is 4.74 Å². The molecular formula is C13H10N2OS. The Morgan fingerprint density at radius 1 is 1.24 bits per heavy atom. The number of hydrogen-bond acceptors (Lipinski definition) is 4. The van der Waals surface area contributed by atoms with Gasteiger partial charge in [0.1, 0.15) is 16.3 Å². The van der Waals surface area contributed by atoms with Crippen molar-refractivity contribution in [3.05, 3.63) is 42.7 Å². The van der Waals surface area contributed by atoms with E-state index in [-0.39, 0.29) is 0 Å². The zero-order valence-corrected chi connectivity index (χ0v) is 10.1. The fraction of sp³-hybridized carbons (Fsp3) is 0.0769. The van der Waals surface area contributed by atoms with Crippen LogP contribution in [0, 0.1) is 0 Å². The lowest BCUT2D eigenvalue weighted by Crippen LogP contribution is -1.82. The Hall–Kier alpha value is -1.94. The summed E-state index contributed by atoms with van der Waals surface area (Å²) < 4.78 is 6.37. The zero-order valence-electron chi connectivity index (χ0n) is 9.25. The minimum atomic E-state index is 0.847. The summed E-state index contributed by atoms with van der Waals surface area (Å²) in [5, 5.41) is 0.993. The van der Waals surface area contributed by atoms with Gasteiger partial charge in [0.15, 0.2) is 0 Å². The lowest BCUT2D eigenvalue weighted by atomic mass is 10.2.